The number of hydrogen-bond acceptors (Lipinski definition) is 4. The van der Waals surface area contributed by atoms with Crippen molar-refractivity contribution in [2.45, 2.75) is 31.1 Å². The zero-order valence-electron chi connectivity index (χ0n) is 13.9. The van der Waals surface area contributed by atoms with E-state index in [1.54, 1.807) is 12.1 Å². The van der Waals surface area contributed by atoms with Crippen LogP contribution in [0, 0.1) is 5.82 Å². The fourth-order valence-electron chi connectivity index (χ4n) is 2.67. The molecule has 1 unspecified atom stereocenters. The highest BCUT2D eigenvalue weighted by Crippen LogP contribution is 2.20. The Hall–Kier alpha value is -0.920. The summed E-state index contributed by atoms with van der Waals surface area (Å²) < 4.78 is 18.6. The Morgan fingerprint density at radius 3 is 2.46 bits per heavy atom. The number of amides is 1. The van der Waals surface area contributed by atoms with Crippen LogP contribution >= 0.6 is 24.8 Å². The third-order valence-electron chi connectivity index (χ3n) is 4.01. The van der Waals surface area contributed by atoms with E-state index >= 15 is 0 Å². The number of nitrogens with zero attached hydrogens (tertiary/aromatic N) is 1. The van der Waals surface area contributed by atoms with E-state index in [0.29, 0.717) is 19.5 Å². The molecular weight excluding hydrogens is 356 g/mol. The lowest BCUT2D eigenvalue weighted by molar-refractivity contribution is -0.132. The maximum Gasteiger partial charge on any atom is 0.249 e. The monoisotopic (exact) mass is 381 g/mol. The second kappa shape index (κ2) is 10.8. The molecule has 3 atom stereocenters. The minimum atomic E-state index is -0.412. The van der Waals surface area contributed by atoms with E-state index in [1.165, 1.54) is 12.1 Å². The summed E-state index contributed by atoms with van der Waals surface area (Å²) >= 11 is 0. The molecule has 0 aliphatic carbocycles. The molecule has 8 heteroatoms. The molecule has 24 heavy (non-hydrogen) atoms. The van der Waals surface area contributed by atoms with E-state index in [2.05, 4.69) is 5.32 Å². The van der Waals surface area contributed by atoms with Gasteiger partial charge in [-0.3, -0.25) is 4.79 Å². The number of hydrogen-bond donors (Lipinski definition) is 2. The highest BCUT2D eigenvalue weighted by atomic mass is 35.5. The first-order valence-electron chi connectivity index (χ1n) is 7.56. The molecule has 5 nitrogen and oxygen atoms in total. The molecule has 1 fully saturated rings. The van der Waals surface area contributed by atoms with Gasteiger partial charge in [-0.15, -0.1) is 24.8 Å². The van der Waals surface area contributed by atoms with Gasteiger partial charge in [-0.25, -0.2) is 4.39 Å². The van der Waals surface area contributed by atoms with Crippen molar-refractivity contribution in [3.05, 3.63) is 35.6 Å². The number of rotatable bonds is 6. The fourth-order valence-corrected chi connectivity index (χ4v) is 2.67. The van der Waals surface area contributed by atoms with Crippen LogP contribution in [-0.4, -0.2) is 50.2 Å². The number of nitrogens with two attached hydrogens (primary N) is 1. The van der Waals surface area contributed by atoms with Crippen molar-refractivity contribution in [1.29, 1.82) is 0 Å². The molecule has 0 aromatic heterocycles. The predicted octanol–water partition coefficient (Wildman–Crippen LogP) is 1.89. The topological polar surface area (TPSA) is 67.6 Å². The molecule has 1 aliphatic heterocycles. The van der Waals surface area contributed by atoms with Crippen LogP contribution < -0.4 is 11.1 Å². The van der Waals surface area contributed by atoms with Crippen molar-refractivity contribution >= 4 is 30.7 Å². The van der Waals surface area contributed by atoms with Crippen molar-refractivity contribution in [2.75, 3.05) is 27.2 Å². The van der Waals surface area contributed by atoms with Crippen molar-refractivity contribution in [1.82, 2.24) is 10.2 Å². The molecule has 2 rings (SSSR count). The van der Waals surface area contributed by atoms with Crippen LogP contribution in [0.1, 0.15) is 24.4 Å². The largest absolute Gasteiger partial charge is 0.364 e. The Kier molecular flexibility index (Phi) is 10.4. The normalized spacial score (nSPS) is 20.9. The van der Waals surface area contributed by atoms with Crippen LogP contribution in [0.2, 0.25) is 0 Å². The molecule has 1 aliphatic rings. The van der Waals surface area contributed by atoms with Crippen LogP contribution in [0.3, 0.4) is 0 Å². The van der Waals surface area contributed by atoms with Gasteiger partial charge in [0.05, 0.1) is 12.1 Å². The molecule has 0 radical (unpaired) electrons. The van der Waals surface area contributed by atoms with Gasteiger partial charge in [0.1, 0.15) is 11.9 Å². The minimum absolute atomic E-state index is 0. The van der Waals surface area contributed by atoms with Crippen molar-refractivity contribution in [3.63, 3.8) is 0 Å². The summed E-state index contributed by atoms with van der Waals surface area (Å²) in [6.45, 7) is 0.893. The van der Waals surface area contributed by atoms with Crippen LogP contribution in [0.15, 0.2) is 24.3 Å². The van der Waals surface area contributed by atoms with Gasteiger partial charge in [0.2, 0.25) is 5.91 Å². The Morgan fingerprint density at radius 1 is 1.33 bits per heavy atom. The highest BCUT2D eigenvalue weighted by Gasteiger charge is 2.30. The van der Waals surface area contributed by atoms with Gasteiger partial charge >= 0.3 is 0 Å². The number of ether oxygens (including phenoxy) is 1. The van der Waals surface area contributed by atoms with Crippen LogP contribution in [0.25, 0.3) is 0 Å². The smallest absolute Gasteiger partial charge is 0.249 e. The van der Waals surface area contributed by atoms with Gasteiger partial charge in [0, 0.05) is 13.1 Å². The average Bonchev–Trinajstić information content (AvgIpc) is 2.98. The number of carbonyl (C=O) groups excluding carboxylic acids is 1. The van der Waals surface area contributed by atoms with Crippen LogP contribution in [0.5, 0.6) is 0 Å². The molecule has 138 valence electrons. The molecule has 3 N–H and O–H groups in total. The maximum absolute atomic E-state index is 13.0. The number of halogens is 3. The molecule has 0 bridgehead atoms. The zero-order valence-corrected chi connectivity index (χ0v) is 15.5. The van der Waals surface area contributed by atoms with E-state index in [1.807, 2.05) is 19.0 Å². The summed E-state index contributed by atoms with van der Waals surface area (Å²) in [5, 5.41) is 2.92. The van der Waals surface area contributed by atoms with E-state index in [4.69, 9.17) is 10.5 Å². The number of benzene rings is 1. The fraction of sp³-hybridized carbons (Fsp3) is 0.562. The molecule has 1 aromatic rings. The van der Waals surface area contributed by atoms with Gasteiger partial charge in [0.15, 0.2) is 0 Å². The lowest BCUT2D eigenvalue weighted by Crippen LogP contribution is -2.40. The highest BCUT2D eigenvalue weighted by molar-refractivity contribution is 5.85. The van der Waals surface area contributed by atoms with Crippen molar-refractivity contribution < 1.29 is 13.9 Å². The second-order valence-electron chi connectivity index (χ2n) is 5.84. The van der Waals surface area contributed by atoms with E-state index < -0.39 is 6.10 Å². The molecular formula is C16H26Cl2FN3O2. The Bertz CT molecular complexity index is 503. The molecule has 0 saturated carbocycles. The first kappa shape index (κ1) is 23.1. The Morgan fingerprint density at radius 2 is 1.96 bits per heavy atom. The molecule has 0 spiro atoms. The SMILES string of the molecule is CN(C)C(CNC(=O)[C@@H]1CC[C@H](CN)O1)c1ccc(F)cc1.Cl.Cl. The quantitative estimate of drug-likeness (QED) is 0.789. The molecule has 1 heterocycles. The number of nitrogens with one attached hydrogen (secondary N) is 1. The van der Waals surface area contributed by atoms with E-state index in [9.17, 15) is 9.18 Å². The summed E-state index contributed by atoms with van der Waals surface area (Å²) in [5.41, 5.74) is 6.51. The van der Waals surface area contributed by atoms with E-state index in [-0.39, 0.29) is 48.7 Å². The summed E-state index contributed by atoms with van der Waals surface area (Å²) in [4.78, 5) is 14.2. The molecule has 1 saturated heterocycles. The third-order valence-corrected chi connectivity index (χ3v) is 4.01. The lowest BCUT2D eigenvalue weighted by atomic mass is 10.1. The Balaban J connectivity index is 0.00000264. The first-order valence-corrected chi connectivity index (χ1v) is 7.56. The van der Waals surface area contributed by atoms with Crippen molar-refractivity contribution in [2.24, 2.45) is 5.73 Å². The average molecular weight is 382 g/mol. The standard InChI is InChI=1S/C16H24FN3O2.2ClH/c1-20(2)14(11-3-5-12(17)6-4-11)10-19-16(21)15-8-7-13(9-18)22-15;;/h3-6,13-15H,7-10,18H2,1-2H3,(H,19,21);2*1H/t13-,14?,15+;;/m1../s1. The molecule has 1 aromatic carbocycles. The maximum atomic E-state index is 13.0. The predicted molar refractivity (Wildman–Crippen MR) is 97.3 cm³/mol. The number of likely N-dealkylation sites (N-methyl/N-ethyl adjacent to an activating group) is 1. The van der Waals surface area contributed by atoms with Crippen molar-refractivity contribution in [3.8, 4) is 0 Å². The summed E-state index contributed by atoms with van der Waals surface area (Å²) in [6.07, 6.45) is 1.10. The molecule has 1 amide bonds. The minimum Gasteiger partial charge on any atom is -0.364 e. The van der Waals surface area contributed by atoms with Crippen LogP contribution in [0.4, 0.5) is 4.39 Å². The number of carbonyl (C=O) groups is 1. The van der Waals surface area contributed by atoms with Gasteiger partial charge in [-0.05, 0) is 44.6 Å². The summed E-state index contributed by atoms with van der Waals surface area (Å²) in [7, 11) is 3.85. The second-order valence-corrected chi connectivity index (χ2v) is 5.84. The Labute approximate surface area is 154 Å². The van der Waals surface area contributed by atoms with Gasteiger partial charge in [-0.2, -0.15) is 0 Å². The summed E-state index contributed by atoms with van der Waals surface area (Å²) in [5.74, 6) is -0.373. The van der Waals surface area contributed by atoms with Gasteiger partial charge < -0.3 is 20.7 Å². The van der Waals surface area contributed by atoms with E-state index in [0.717, 1.165) is 12.0 Å². The van der Waals surface area contributed by atoms with Gasteiger partial charge in [-0.1, -0.05) is 12.1 Å². The zero-order chi connectivity index (χ0) is 16.1. The summed E-state index contributed by atoms with van der Waals surface area (Å²) in [6, 6.07) is 6.32. The third kappa shape index (κ3) is 6.18. The lowest BCUT2D eigenvalue weighted by Gasteiger charge is -2.25. The van der Waals surface area contributed by atoms with Gasteiger partial charge in [0.25, 0.3) is 0 Å². The van der Waals surface area contributed by atoms with Crippen LogP contribution in [-0.2, 0) is 9.53 Å². The first-order chi connectivity index (χ1) is 10.5.